The number of aryl methyl sites for hydroxylation is 1. The second-order valence-electron chi connectivity index (χ2n) is 4.71. The van der Waals surface area contributed by atoms with Gasteiger partial charge in [0.2, 0.25) is 0 Å². The summed E-state index contributed by atoms with van der Waals surface area (Å²) in [5.41, 5.74) is 5.36. The maximum absolute atomic E-state index is 12.8. The Morgan fingerprint density at radius 2 is 1.95 bits per heavy atom. The Labute approximate surface area is 122 Å². The fourth-order valence-electron chi connectivity index (χ4n) is 2.25. The van der Waals surface area contributed by atoms with Crippen LogP contribution in [0.2, 0.25) is 0 Å². The van der Waals surface area contributed by atoms with Crippen molar-refractivity contribution in [3.8, 4) is 17.1 Å². The second kappa shape index (κ2) is 4.58. The number of aromatic hydroxyl groups is 1. The summed E-state index contributed by atoms with van der Waals surface area (Å²) in [5.74, 6) is -0.301. The van der Waals surface area contributed by atoms with Gasteiger partial charge in [-0.3, -0.25) is 4.40 Å². The van der Waals surface area contributed by atoms with Gasteiger partial charge in [0.25, 0.3) is 0 Å². The minimum atomic E-state index is -4.54. The number of hydrogen-bond donors (Lipinski definition) is 2. The van der Waals surface area contributed by atoms with Crippen molar-refractivity contribution in [3.05, 3.63) is 35.7 Å². The number of imidazole rings is 1. The van der Waals surface area contributed by atoms with Gasteiger partial charge in [0.1, 0.15) is 5.75 Å². The number of halogens is 3. The zero-order chi connectivity index (χ0) is 16.1. The summed E-state index contributed by atoms with van der Waals surface area (Å²) in [6.45, 7) is 1.45. The summed E-state index contributed by atoms with van der Waals surface area (Å²) in [6, 6.07) is 1.60. The average Bonchev–Trinajstić information content (AvgIpc) is 2.89. The summed E-state index contributed by atoms with van der Waals surface area (Å²) < 4.78 is 39.8. The molecular formula is C13H10F3N5O. The molecule has 1 aromatic carbocycles. The van der Waals surface area contributed by atoms with E-state index in [1.54, 1.807) is 0 Å². The second-order valence-corrected chi connectivity index (χ2v) is 4.71. The van der Waals surface area contributed by atoms with Crippen LogP contribution < -0.4 is 5.73 Å². The van der Waals surface area contributed by atoms with E-state index in [9.17, 15) is 18.3 Å². The lowest BCUT2D eigenvalue weighted by Crippen LogP contribution is -2.07. The number of rotatable bonds is 1. The molecule has 9 heteroatoms. The predicted molar refractivity (Wildman–Crippen MR) is 72.0 cm³/mol. The lowest BCUT2D eigenvalue weighted by atomic mass is 10.0. The molecule has 0 spiro atoms. The summed E-state index contributed by atoms with van der Waals surface area (Å²) in [7, 11) is 0. The molecule has 0 aliphatic heterocycles. The molecule has 0 amide bonds. The molecule has 6 nitrogen and oxygen atoms in total. The zero-order valence-corrected chi connectivity index (χ0v) is 11.3. The monoisotopic (exact) mass is 309 g/mol. The molecule has 22 heavy (non-hydrogen) atoms. The first-order chi connectivity index (χ1) is 10.3. The first kappa shape index (κ1) is 14.1. The number of nitrogen functional groups attached to an aromatic ring is 1. The third kappa shape index (κ3) is 2.10. The molecule has 2 heterocycles. The van der Waals surface area contributed by atoms with E-state index < -0.39 is 17.5 Å². The molecule has 3 rings (SSSR count). The number of phenolic OH excluding ortho intramolecular Hbond substituents is 1. The van der Waals surface area contributed by atoms with Gasteiger partial charge >= 0.3 is 6.18 Å². The summed E-state index contributed by atoms with van der Waals surface area (Å²) >= 11 is 0. The number of nitrogens with zero attached hydrogens (tertiary/aromatic N) is 4. The maximum Gasteiger partial charge on any atom is 0.416 e. The van der Waals surface area contributed by atoms with Crippen LogP contribution >= 0.6 is 0 Å². The number of fused-ring (bicyclic) bond motifs is 1. The Hall–Kier alpha value is -2.84. The number of hydrogen-bond acceptors (Lipinski definition) is 5. The van der Waals surface area contributed by atoms with E-state index in [4.69, 9.17) is 5.73 Å². The Morgan fingerprint density at radius 1 is 1.23 bits per heavy atom. The Balaban J connectivity index is 2.28. The van der Waals surface area contributed by atoms with E-state index in [2.05, 4.69) is 15.2 Å². The molecule has 0 fully saturated rings. The lowest BCUT2D eigenvalue weighted by molar-refractivity contribution is -0.137. The number of phenols is 1. The fraction of sp³-hybridized carbons (Fsp3) is 0.154. The van der Waals surface area contributed by atoms with E-state index in [0.29, 0.717) is 11.7 Å². The van der Waals surface area contributed by atoms with Gasteiger partial charge in [0.05, 0.1) is 11.1 Å². The van der Waals surface area contributed by atoms with Gasteiger partial charge in [-0.15, -0.1) is 10.2 Å². The van der Waals surface area contributed by atoms with Crippen LogP contribution in [0.25, 0.3) is 17.0 Å². The number of anilines is 1. The highest BCUT2D eigenvalue weighted by molar-refractivity contribution is 5.72. The summed E-state index contributed by atoms with van der Waals surface area (Å²) in [4.78, 5) is 3.99. The van der Waals surface area contributed by atoms with Crippen LogP contribution in [0, 0.1) is 6.92 Å². The normalized spacial score (nSPS) is 12.0. The SMILES string of the molecule is Cc1cc(C(F)(F)F)cc(O)c1-c1nnc(N)c2nccn12. The quantitative estimate of drug-likeness (QED) is 0.720. The largest absolute Gasteiger partial charge is 0.507 e. The minimum absolute atomic E-state index is 0.0813. The van der Waals surface area contributed by atoms with Gasteiger partial charge < -0.3 is 10.8 Å². The average molecular weight is 309 g/mol. The van der Waals surface area contributed by atoms with Crippen molar-refractivity contribution < 1.29 is 18.3 Å². The number of benzene rings is 1. The fourth-order valence-corrected chi connectivity index (χ4v) is 2.25. The highest BCUT2D eigenvalue weighted by Gasteiger charge is 2.32. The van der Waals surface area contributed by atoms with Crippen molar-refractivity contribution in [2.75, 3.05) is 5.73 Å². The van der Waals surface area contributed by atoms with E-state index in [1.165, 1.54) is 23.7 Å². The van der Waals surface area contributed by atoms with Gasteiger partial charge in [-0.05, 0) is 24.6 Å². The first-order valence-corrected chi connectivity index (χ1v) is 6.15. The highest BCUT2D eigenvalue weighted by Crippen LogP contribution is 2.38. The highest BCUT2D eigenvalue weighted by atomic mass is 19.4. The van der Waals surface area contributed by atoms with Crippen molar-refractivity contribution in [3.63, 3.8) is 0 Å². The molecule has 0 saturated carbocycles. The van der Waals surface area contributed by atoms with Crippen molar-refractivity contribution >= 4 is 11.5 Å². The Bertz CT molecular complexity index is 849. The van der Waals surface area contributed by atoms with Crippen LogP contribution in [0.3, 0.4) is 0 Å². The molecule has 3 N–H and O–H groups in total. The molecule has 0 aliphatic rings. The first-order valence-electron chi connectivity index (χ1n) is 6.15. The zero-order valence-electron chi connectivity index (χ0n) is 11.3. The maximum atomic E-state index is 12.8. The van der Waals surface area contributed by atoms with Crippen LogP contribution in [0.15, 0.2) is 24.5 Å². The number of aromatic nitrogens is 4. The predicted octanol–water partition coefficient (Wildman–Crippen LogP) is 2.41. The number of alkyl halides is 3. The van der Waals surface area contributed by atoms with Crippen LogP contribution in [0.4, 0.5) is 19.0 Å². The van der Waals surface area contributed by atoms with Gasteiger partial charge in [-0.25, -0.2) is 4.98 Å². The van der Waals surface area contributed by atoms with Crippen molar-refractivity contribution in [2.45, 2.75) is 13.1 Å². The third-order valence-electron chi connectivity index (χ3n) is 3.22. The molecule has 0 bridgehead atoms. The lowest BCUT2D eigenvalue weighted by Gasteiger charge is -2.13. The molecule has 0 saturated heterocycles. The number of nitrogens with two attached hydrogens (primary N) is 1. The van der Waals surface area contributed by atoms with Crippen LogP contribution in [-0.4, -0.2) is 24.7 Å². The Morgan fingerprint density at radius 3 is 2.59 bits per heavy atom. The molecule has 3 aromatic rings. The smallest absolute Gasteiger partial charge is 0.416 e. The third-order valence-corrected chi connectivity index (χ3v) is 3.22. The summed E-state index contributed by atoms with van der Waals surface area (Å²) in [6.07, 6.45) is -1.56. The van der Waals surface area contributed by atoms with Gasteiger partial charge in [0, 0.05) is 12.4 Å². The van der Waals surface area contributed by atoms with E-state index >= 15 is 0 Å². The van der Waals surface area contributed by atoms with Crippen LogP contribution in [-0.2, 0) is 6.18 Å². The van der Waals surface area contributed by atoms with Crippen molar-refractivity contribution in [1.82, 2.24) is 19.6 Å². The molecule has 0 unspecified atom stereocenters. The van der Waals surface area contributed by atoms with Crippen molar-refractivity contribution in [1.29, 1.82) is 0 Å². The molecular weight excluding hydrogens is 299 g/mol. The standard InChI is InChI=1S/C13H10F3N5O/c1-6-4-7(13(14,15)16)5-8(22)9(6)11-20-19-10(17)12-18-2-3-21(11)12/h2-5,22H,1H3,(H2,17,19). The molecule has 0 atom stereocenters. The van der Waals surface area contributed by atoms with Gasteiger partial charge in [-0.2, -0.15) is 13.2 Å². The van der Waals surface area contributed by atoms with E-state index in [-0.39, 0.29) is 22.8 Å². The van der Waals surface area contributed by atoms with E-state index in [0.717, 1.165) is 6.07 Å². The summed E-state index contributed by atoms with van der Waals surface area (Å²) in [5, 5.41) is 17.6. The molecule has 0 radical (unpaired) electrons. The van der Waals surface area contributed by atoms with Crippen LogP contribution in [0.5, 0.6) is 5.75 Å². The minimum Gasteiger partial charge on any atom is -0.507 e. The molecule has 114 valence electrons. The van der Waals surface area contributed by atoms with Crippen LogP contribution in [0.1, 0.15) is 11.1 Å². The van der Waals surface area contributed by atoms with Crippen molar-refractivity contribution in [2.24, 2.45) is 0 Å². The van der Waals surface area contributed by atoms with Gasteiger partial charge in [-0.1, -0.05) is 0 Å². The Kier molecular flexibility index (Phi) is 2.94. The molecule has 0 aliphatic carbocycles. The van der Waals surface area contributed by atoms with Gasteiger partial charge in [0.15, 0.2) is 17.3 Å². The molecule has 2 aromatic heterocycles. The van der Waals surface area contributed by atoms with E-state index in [1.807, 2.05) is 0 Å². The topological polar surface area (TPSA) is 89.3 Å².